The van der Waals surface area contributed by atoms with Crippen molar-refractivity contribution in [2.45, 2.75) is 4.90 Å². The van der Waals surface area contributed by atoms with Gasteiger partial charge in [0.15, 0.2) is 11.6 Å². The molecule has 0 aliphatic carbocycles. The maximum Gasteiger partial charge on any atom is 0.165 e. The molecule has 0 unspecified atom stereocenters. The van der Waals surface area contributed by atoms with Crippen LogP contribution >= 0.6 is 11.8 Å². The Hall–Kier alpha value is -1.21. The van der Waals surface area contributed by atoms with Crippen molar-refractivity contribution < 1.29 is 9.50 Å². The Balaban J connectivity index is 2.77. The molecule has 2 nitrogen and oxygen atoms in total. The van der Waals surface area contributed by atoms with E-state index in [0.717, 1.165) is 0 Å². The minimum absolute atomic E-state index is 0.282. The number of hydrogen-bond acceptors (Lipinski definition) is 3. The first-order chi connectivity index (χ1) is 5.74. The molecule has 0 bridgehead atoms. The van der Waals surface area contributed by atoms with Gasteiger partial charge in [-0.05, 0) is 18.2 Å². The number of rotatable bonds is 2. The first-order valence-electron chi connectivity index (χ1n) is 3.22. The fourth-order valence-electron chi connectivity index (χ4n) is 0.693. The predicted octanol–water partition coefficient (Wildman–Crippen LogP) is 2.15. The van der Waals surface area contributed by atoms with Gasteiger partial charge in [-0.2, -0.15) is 5.26 Å². The Bertz CT molecular complexity index is 321. The van der Waals surface area contributed by atoms with E-state index in [1.807, 2.05) is 6.07 Å². The Kier molecular flexibility index (Phi) is 2.94. The number of halogens is 1. The molecule has 0 amide bonds. The Morgan fingerprint density at radius 1 is 1.58 bits per heavy atom. The number of aromatic hydroxyl groups is 1. The van der Waals surface area contributed by atoms with Crippen molar-refractivity contribution in [3.8, 4) is 11.8 Å². The average Bonchev–Trinajstić information content (AvgIpc) is 2.07. The van der Waals surface area contributed by atoms with Crippen molar-refractivity contribution in [1.29, 1.82) is 5.26 Å². The van der Waals surface area contributed by atoms with E-state index in [9.17, 15) is 4.39 Å². The number of thioether (sulfide) groups is 1. The van der Waals surface area contributed by atoms with Crippen LogP contribution in [0.1, 0.15) is 0 Å². The summed E-state index contributed by atoms with van der Waals surface area (Å²) in [6.07, 6.45) is 0. The van der Waals surface area contributed by atoms with E-state index in [0.29, 0.717) is 4.90 Å². The Labute approximate surface area is 73.6 Å². The molecule has 0 heterocycles. The topological polar surface area (TPSA) is 44.0 Å². The van der Waals surface area contributed by atoms with Gasteiger partial charge in [-0.3, -0.25) is 0 Å². The summed E-state index contributed by atoms with van der Waals surface area (Å²) in [6, 6.07) is 5.98. The molecule has 1 rings (SSSR count). The molecule has 0 aliphatic rings. The minimum Gasteiger partial charge on any atom is -0.505 e. The third-order valence-electron chi connectivity index (χ3n) is 1.22. The number of nitriles is 1. The lowest BCUT2D eigenvalue weighted by atomic mass is 10.3. The quantitative estimate of drug-likeness (QED) is 0.714. The first-order valence-corrected chi connectivity index (χ1v) is 4.21. The van der Waals surface area contributed by atoms with Crippen LogP contribution in [0.4, 0.5) is 4.39 Å². The largest absolute Gasteiger partial charge is 0.505 e. The van der Waals surface area contributed by atoms with E-state index in [2.05, 4.69) is 0 Å². The lowest BCUT2D eigenvalue weighted by Crippen LogP contribution is -1.78. The van der Waals surface area contributed by atoms with Crippen LogP contribution in [0.25, 0.3) is 0 Å². The highest BCUT2D eigenvalue weighted by Gasteiger charge is 2.00. The van der Waals surface area contributed by atoms with Crippen LogP contribution in [0, 0.1) is 17.1 Å². The zero-order valence-electron chi connectivity index (χ0n) is 6.12. The van der Waals surface area contributed by atoms with Gasteiger partial charge in [0.25, 0.3) is 0 Å². The monoisotopic (exact) mass is 183 g/mol. The molecule has 4 heteroatoms. The normalized spacial score (nSPS) is 9.33. The number of hydrogen-bond donors (Lipinski definition) is 1. The molecule has 0 aromatic heterocycles. The second-order valence-electron chi connectivity index (χ2n) is 2.06. The highest BCUT2D eigenvalue weighted by atomic mass is 32.2. The van der Waals surface area contributed by atoms with Gasteiger partial charge >= 0.3 is 0 Å². The second-order valence-corrected chi connectivity index (χ2v) is 3.11. The second kappa shape index (κ2) is 3.98. The summed E-state index contributed by atoms with van der Waals surface area (Å²) in [5.41, 5.74) is 0. The standard InChI is InChI=1S/C8H6FNOS/c9-7-5-6(12-4-3-10)1-2-8(7)11/h1-2,5,11H,4H2. The molecule has 1 N–H and O–H groups in total. The van der Waals surface area contributed by atoms with Gasteiger partial charge in [0, 0.05) is 4.90 Å². The van der Waals surface area contributed by atoms with Gasteiger partial charge in [-0.25, -0.2) is 4.39 Å². The van der Waals surface area contributed by atoms with Crippen molar-refractivity contribution in [2.75, 3.05) is 5.75 Å². The van der Waals surface area contributed by atoms with Crippen LogP contribution in [-0.2, 0) is 0 Å². The van der Waals surface area contributed by atoms with Crippen molar-refractivity contribution in [1.82, 2.24) is 0 Å². The maximum absolute atomic E-state index is 12.7. The fourth-order valence-corrected chi connectivity index (χ4v) is 1.28. The van der Waals surface area contributed by atoms with E-state index in [1.165, 1.54) is 23.9 Å². The van der Waals surface area contributed by atoms with Gasteiger partial charge < -0.3 is 5.11 Å². The van der Waals surface area contributed by atoms with E-state index in [-0.39, 0.29) is 11.5 Å². The third-order valence-corrected chi connectivity index (χ3v) is 2.08. The van der Waals surface area contributed by atoms with E-state index in [1.54, 1.807) is 6.07 Å². The molecular weight excluding hydrogens is 177 g/mol. The highest BCUT2D eigenvalue weighted by molar-refractivity contribution is 7.99. The van der Waals surface area contributed by atoms with Crippen molar-refractivity contribution in [3.63, 3.8) is 0 Å². The summed E-state index contributed by atoms with van der Waals surface area (Å²) in [6.45, 7) is 0. The lowest BCUT2D eigenvalue weighted by molar-refractivity contribution is 0.431. The molecular formula is C8H6FNOS. The Morgan fingerprint density at radius 3 is 2.92 bits per heavy atom. The number of phenols is 1. The number of benzene rings is 1. The molecule has 0 fully saturated rings. The minimum atomic E-state index is -0.655. The van der Waals surface area contributed by atoms with Crippen LogP contribution in [0.5, 0.6) is 5.75 Å². The van der Waals surface area contributed by atoms with Gasteiger partial charge in [0.2, 0.25) is 0 Å². The van der Waals surface area contributed by atoms with Crippen LogP contribution in [0.15, 0.2) is 23.1 Å². The van der Waals surface area contributed by atoms with Gasteiger partial charge in [-0.15, -0.1) is 11.8 Å². The molecule has 0 radical (unpaired) electrons. The molecule has 0 aliphatic heterocycles. The average molecular weight is 183 g/mol. The molecule has 62 valence electrons. The fraction of sp³-hybridized carbons (Fsp3) is 0.125. The van der Waals surface area contributed by atoms with Crippen molar-refractivity contribution in [2.24, 2.45) is 0 Å². The van der Waals surface area contributed by atoms with E-state index < -0.39 is 5.82 Å². The molecule has 1 aromatic rings. The number of nitrogens with zero attached hydrogens (tertiary/aromatic N) is 1. The molecule has 0 spiro atoms. The van der Waals surface area contributed by atoms with Gasteiger partial charge in [0.05, 0.1) is 11.8 Å². The van der Waals surface area contributed by atoms with Crippen LogP contribution < -0.4 is 0 Å². The summed E-state index contributed by atoms with van der Waals surface area (Å²) in [7, 11) is 0. The summed E-state index contributed by atoms with van der Waals surface area (Å²) < 4.78 is 12.7. The lowest BCUT2D eigenvalue weighted by Gasteiger charge is -1.98. The number of phenolic OH excluding ortho intramolecular Hbond substituents is 1. The molecule has 0 saturated heterocycles. The van der Waals surface area contributed by atoms with E-state index in [4.69, 9.17) is 10.4 Å². The summed E-state index contributed by atoms with van der Waals surface area (Å²) in [5, 5.41) is 17.1. The van der Waals surface area contributed by atoms with Crippen molar-refractivity contribution in [3.05, 3.63) is 24.0 Å². The van der Waals surface area contributed by atoms with Crippen LogP contribution in [0.2, 0.25) is 0 Å². The van der Waals surface area contributed by atoms with Gasteiger partial charge in [-0.1, -0.05) is 0 Å². The molecule has 0 atom stereocenters. The summed E-state index contributed by atoms with van der Waals surface area (Å²) in [5.74, 6) is -0.737. The van der Waals surface area contributed by atoms with Crippen LogP contribution in [-0.4, -0.2) is 10.9 Å². The Morgan fingerprint density at radius 2 is 2.33 bits per heavy atom. The third kappa shape index (κ3) is 2.14. The van der Waals surface area contributed by atoms with Crippen LogP contribution in [0.3, 0.4) is 0 Å². The molecule has 0 saturated carbocycles. The predicted molar refractivity (Wildman–Crippen MR) is 44.4 cm³/mol. The van der Waals surface area contributed by atoms with Gasteiger partial charge in [0.1, 0.15) is 0 Å². The van der Waals surface area contributed by atoms with Crippen molar-refractivity contribution >= 4 is 11.8 Å². The van der Waals surface area contributed by atoms with E-state index >= 15 is 0 Å². The first kappa shape index (κ1) is 8.88. The maximum atomic E-state index is 12.7. The zero-order valence-corrected chi connectivity index (χ0v) is 6.94. The molecule has 12 heavy (non-hydrogen) atoms. The summed E-state index contributed by atoms with van der Waals surface area (Å²) >= 11 is 1.23. The SMILES string of the molecule is N#CCSc1ccc(O)c(F)c1. The zero-order chi connectivity index (χ0) is 8.97. The smallest absolute Gasteiger partial charge is 0.165 e. The summed E-state index contributed by atoms with van der Waals surface area (Å²) in [4.78, 5) is 0.645. The highest BCUT2D eigenvalue weighted by Crippen LogP contribution is 2.23. The molecule has 1 aromatic carbocycles.